The number of benzene rings is 1. The van der Waals surface area contributed by atoms with Gasteiger partial charge in [0.2, 0.25) is 5.91 Å². The Balaban J connectivity index is 1.47. The molecule has 0 bridgehead atoms. The van der Waals surface area contributed by atoms with Crippen LogP contribution < -0.4 is 5.32 Å². The Hall–Kier alpha value is -3.40. The third-order valence-corrected chi connectivity index (χ3v) is 4.59. The van der Waals surface area contributed by atoms with Gasteiger partial charge in [-0.25, -0.2) is 4.68 Å². The molecule has 1 fully saturated rings. The number of carbonyl (C=O) groups is 1. The van der Waals surface area contributed by atoms with Crippen LogP contribution in [0, 0.1) is 11.3 Å². The van der Waals surface area contributed by atoms with Crippen molar-refractivity contribution in [2.75, 3.05) is 5.32 Å². The monoisotopic (exact) mass is 346 g/mol. The minimum atomic E-state index is -0.365. The van der Waals surface area contributed by atoms with Crippen LogP contribution in [0.25, 0.3) is 5.69 Å². The lowest BCUT2D eigenvalue weighted by atomic mass is 10.0. The van der Waals surface area contributed by atoms with E-state index in [1.54, 1.807) is 29.1 Å². The standard InChI is InChI=1S/C19H18N6O/c1-12(19(26)22-18-8-17(23-24-18)14-5-6-14)15-10-21-25(11-15)16-4-2-3-13(7-16)9-20/h2-4,7-8,10-12,14H,5-6H2,1H3,(H2,22,23,24,26)/t12-/m1/s1. The first kappa shape index (κ1) is 16.1. The van der Waals surface area contributed by atoms with Gasteiger partial charge in [-0.05, 0) is 38.0 Å². The lowest BCUT2D eigenvalue weighted by molar-refractivity contribution is -0.117. The van der Waals surface area contributed by atoms with E-state index < -0.39 is 0 Å². The van der Waals surface area contributed by atoms with Crippen molar-refractivity contribution in [1.29, 1.82) is 5.26 Å². The van der Waals surface area contributed by atoms with Crippen LogP contribution in [0.3, 0.4) is 0 Å². The van der Waals surface area contributed by atoms with Gasteiger partial charge < -0.3 is 5.32 Å². The molecule has 1 amide bonds. The summed E-state index contributed by atoms with van der Waals surface area (Å²) >= 11 is 0. The Morgan fingerprint density at radius 2 is 2.27 bits per heavy atom. The average molecular weight is 346 g/mol. The molecule has 1 saturated carbocycles. The van der Waals surface area contributed by atoms with E-state index in [4.69, 9.17) is 5.26 Å². The summed E-state index contributed by atoms with van der Waals surface area (Å²) in [4.78, 5) is 12.5. The molecule has 4 rings (SSSR count). The number of hydrogen-bond donors (Lipinski definition) is 2. The molecule has 1 aliphatic rings. The largest absolute Gasteiger partial charge is 0.311 e. The Kier molecular flexibility index (Phi) is 4.01. The summed E-state index contributed by atoms with van der Waals surface area (Å²) in [5.74, 6) is 0.673. The van der Waals surface area contributed by atoms with Gasteiger partial charge in [-0.3, -0.25) is 9.89 Å². The molecule has 0 unspecified atom stereocenters. The number of amides is 1. The number of aromatic nitrogens is 4. The highest BCUT2D eigenvalue weighted by Gasteiger charge is 2.26. The first-order chi connectivity index (χ1) is 12.6. The fraction of sp³-hybridized carbons (Fsp3) is 0.263. The van der Waals surface area contributed by atoms with Gasteiger partial charge in [0.15, 0.2) is 0 Å². The second-order valence-corrected chi connectivity index (χ2v) is 6.57. The topological polar surface area (TPSA) is 99.4 Å². The maximum Gasteiger partial charge on any atom is 0.232 e. The Morgan fingerprint density at radius 1 is 1.42 bits per heavy atom. The minimum Gasteiger partial charge on any atom is -0.311 e. The SMILES string of the molecule is C[C@@H](C(=O)Nc1cc(C2CC2)n[nH]1)c1cnn(-c2cccc(C#N)c2)c1. The number of aromatic amines is 1. The molecule has 2 aromatic heterocycles. The van der Waals surface area contributed by atoms with E-state index in [2.05, 4.69) is 26.7 Å². The third kappa shape index (κ3) is 3.22. The van der Waals surface area contributed by atoms with Crippen LogP contribution in [0.2, 0.25) is 0 Å². The number of hydrogen-bond acceptors (Lipinski definition) is 4. The molecule has 1 aromatic carbocycles. The van der Waals surface area contributed by atoms with Crippen molar-refractivity contribution in [3.05, 3.63) is 59.5 Å². The molecule has 130 valence electrons. The number of nitrogens with zero attached hydrogens (tertiary/aromatic N) is 4. The summed E-state index contributed by atoms with van der Waals surface area (Å²) in [7, 11) is 0. The first-order valence-electron chi connectivity index (χ1n) is 8.55. The van der Waals surface area contributed by atoms with Crippen LogP contribution in [0.15, 0.2) is 42.7 Å². The normalized spacial score (nSPS) is 14.6. The minimum absolute atomic E-state index is 0.124. The Morgan fingerprint density at radius 3 is 3.04 bits per heavy atom. The maximum atomic E-state index is 12.5. The van der Waals surface area contributed by atoms with E-state index >= 15 is 0 Å². The van der Waals surface area contributed by atoms with Gasteiger partial charge in [0.25, 0.3) is 0 Å². The van der Waals surface area contributed by atoms with Crippen LogP contribution in [0.4, 0.5) is 5.82 Å². The molecule has 3 aromatic rings. The summed E-state index contributed by atoms with van der Waals surface area (Å²) in [6.45, 7) is 1.83. The van der Waals surface area contributed by atoms with Gasteiger partial charge in [0.05, 0.1) is 35.1 Å². The highest BCUT2D eigenvalue weighted by molar-refractivity contribution is 5.94. The molecule has 26 heavy (non-hydrogen) atoms. The second kappa shape index (κ2) is 6.48. The predicted octanol–water partition coefficient (Wildman–Crippen LogP) is 3.09. The van der Waals surface area contributed by atoms with Crippen molar-refractivity contribution >= 4 is 11.7 Å². The lowest BCUT2D eigenvalue weighted by Gasteiger charge is -2.08. The molecular formula is C19H18N6O. The predicted molar refractivity (Wildman–Crippen MR) is 95.9 cm³/mol. The Bertz CT molecular complexity index is 991. The van der Waals surface area contributed by atoms with Crippen LogP contribution >= 0.6 is 0 Å². The van der Waals surface area contributed by atoms with Crippen LogP contribution in [0.5, 0.6) is 0 Å². The van der Waals surface area contributed by atoms with Crippen molar-refractivity contribution in [3.8, 4) is 11.8 Å². The van der Waals surface area contributed by atoms with Crippen molar-refractivity contribution in [1.82, 2.24) is 20.0 Å². The molecule has 7 nitrogen and oxygen atoms in total. The fourth-order valence-electron chi connectivity index (χ4n) is 2.80. The zero-order valence-electron chi connectivity index (χ0n) is 14.3. The molecule has 0 radical (unpaired) electrons. The smallest absolute Gasteiger partial charge is 0.232 e. The van der Waals surface area contributed by atoms with Crippen LogP contribution in [-0.4, -0.2) is 25.9 Å². The van der Waals surface area contributed by atoms with E-state index in [-0.39, 0.29) is 11.8 Å². The molecule has 2 N–H and O–H groups in total. The van der Waals surface area contributed by atoms with Gasteiger partial charge in [-0.1, -0.05) is 6.07 Å². The van der Waals surface area contributed by atoms with Crippen LogP contribution in [0.1, 0.15) is 48.4 Å². The van der Waals surface area contributed by atoms with Crippen molar-refractivity contribution in [3.63, 3.8) is 0 Å². The molecule has 1 atom stereocenters. The second-order valence-electron chi connectivity index (χ2n) is 6.57. The van der Waals surface area contributed by atoms with Crippen molar-refractivity contribution in [2.24, 2.45) is 0 Å². The maximum absolute atomic E-state index is 12.5. The average Bonchev–Trinajstić information content (AvgIpc) is 3.21. The summed E-state index contributed by atoms with van der Waals surface area (Å²) in [5, 5.41) is 23.3. The quantitative estimate of drug-likeness (QED) is 0.741. The molecule has 2 heterocycles. The van der Waals surface area contributed by atoms with Gasteiger partial charge in [0, 0.05) is 23.7 Å². The van der Waals surface area contributed by atoms with Crippen LogP contribution in [-0.2, 0) is 4.79 Å². The fourth-order valence-corrected chi connectivity index (χ4v) is 2.80. The third-order valence-electron chi connectivity index (χ3n) is 4.59. The molecule has 0 aliphatic heterocycles. The molecule has 1 aliphatic carbocycles. The highest BCUT2D eigenvalue weighted by atomic mass is 16.1. The Labute approximate surface area is 150 Å². The number of H-pyrrole nitrogens is 1. The van der Waals surface area contributed by atoms with E-state index in [0.717, 1.165) is 16.9 Å². The molecule has 7 heteroatoms. The summed E-state index contributed by atoms with van der Waals surface area (Å²) in [6, 6.07) is 11.2. The lowest BCUT2D eigenvalue weighted by Crippen LogP contribution is -2.18. The number of nitrogens with one attached hydrogen (secondary N) is 2. The van der Waals surface area contributed by atoms with E-state index in [9.17, 15) is 4.79 Å². The summed E-state index contributed by atoms with van der Waals surface area (Å²) < 4.78 is 1.67. The number of rotatable bonds is 5. The zero-order chi connectivity index (χ0) is 18.1. The molecular weight excluding hydrogens is 328 g/mol. The van der Waals surface area contributed by atoms with Crippen molar-refractivity contribution < 1.29 is 4.79 Å². The van der Waals surface area contributed by atoms with Gasteiger partial charge in [-0.15, -0.1) is 0 Å². The highest BCUT2D eigenvalue weighted by Crippen LogP contribution is 2.39. The summed E-state index contributed by atoms with van der Waals surface area (Å²) in [6.07, 6.45) is 5.82. The van der Waals surface area contributed by atoms with Gasteiger partial charge in [0.1, 0.15) is 5.82 Å². The first-order valence-corrected chi connectivity index (χ1v) is 8.55. The molecule has 0 spiro atoms. The molecule has 0 saturated heterocycles. The number of carbonyl (C=O) groups excluding carboxylic acids is 1. The van der Waals surface area contributed by atoms with E-state index in [1.807, 2.05) is 25.3 Å². The number of nitriles is 1. The van der Waals surface area contributed by atoms with Crippen molar-refractivity contribution in [2.45, 2.75) is 31.6 Å². The van der Waals surface area contributed by atoms with E-state index in [0.29, 0.717) is 17.3 Å². The van der Waals surface area contributed by atoms with Gasteiger partial charge >= 0.3 is 0 Å². The summed E-state index contributed by atoms with van der Waals surface area (Å²) in [5.41, 5.74) is 3.16. The zero-order valence-corrected chi connectivity index (χ0v) is 14.3. The van der Waals surface area contributed by atoms with E-state index in [1.165, 1.54) is 12.8 Å². The number of anilines is 1. The van der Waals surface area contributed by atoms with Gasteiger partial charge in [-0.2, -0.15) is 15.5 Å².